The third-order valence-corrected chi connectivity index (χ3v) is 4.00. The summed E-state index contributed by atoms with van der Waals surface area (Å²) in [7, 11) is 0. The van der Waals surface area contributed by atoms with Crippen LogP contribution in [0, 0.1) is 5.82 Å². The van der Waals surface area contributed by atoms with Crippen LogP contribution in [-0.4, -0.2) is 16.6 Å². The number of hydrogen-bond donors (Lipinski definition) is 2. The molecule has 0 saturated carbocycles. The molecule has 0 amide bonds. The first-order valence-corrected chi connectivity index (χ1v) is 7.64. The Balaban J connectivity index is 1.67. The predicted molar refractivity (Wildman–Crippen MR) is 89.5 cm³/mol. The summed E-state index contributed by atoms with van der Waals surface area (Å²) in [4.78, 5) is 3.85. The Morgan fingerprint density at radius 1 is 1.04 bits per heavy atom. The summed E-state index contributed by atoms with van der Waals surface area (Å²) >= 11 is 0. The second kappa shape index (κ2) is 6.86. The highest BCUT2D eigenvalue weighted by Gasteiger charge is 2.12. The number of aliphatic hydroxyl groups excluding tert-OH is 1. The van der Waals surface area contributed by atoms with Crippen LogP contribution >= 0.6 is 0 Å². The molecule has 0 radical (unpaired) electrons. The maximum Gasteiger partial charge on any atom is 0.141 e. The monoisotopic (exact) mass is 310 g/mol. The Bertz CT molecular complexity index is 806. The van der Waals surface area contributed by atoms with Gasteiger partial charge in [-0.25, -0.2) is 4.39 Å². The van der Waals surface area contributed by atoms with Crippen molar-refractivity contribution in [1.82, 2.24) is 10.3 Å². The number of benzene rings is 2. The Hall–Kier alpha value is -2.30. The molecular formula is C19H19FN2O. The lowest BCUT2D eigenvalue weighted by Gasteiger charge is -2.18. The van der Waals surface area contributed by atoms with Crippen molar-refractivity contribution < 1.29 is 9.50 Å². The third-order valence-electron chi connectivity index (χ3n) is 4.00. The van der Waals surface area contributed by atoms with Gasteiger partial charge >= 0.3 is 0 Å². The van der Waals surface area contributed by atoms with Gasteiger partial charge in [-0.3, -0.25) is 4.98 Å². The van der Waals surface area contributed by atoms with E-state index in [0.29, 0.717) is 6.54 Å². The van der Waals surface area contributed by atoms with Gasteiger partial charge < -0.3 is 10.4 Å². The Kier molecular flexibility index (Phi) is 4.65. The average Bonchev–Trinajstić information content (AvgIpc) is 2.59. The van der Waals surface area contributed by atoms with Crippen LogP contribution in [0.1, 0.15) is 30.2 Å². The van der Waals surface area contributed by atoms with Crippen molar-refractivity contribution in [2.75, 3.05) is 6.54 Å². The molecule has 2 aromatic carbocycles. The molecule has 0 aliphatic rings. The number of rotatable bonds is 5. The van der Waals surface area contributed by atoms with E-state index in [1.807, 2.05) is 49.4 Å². The predicted octanol–water partition coefficient (Wildman–Crippen LogP) is 3.76. The Morgan fingerprint density at radius 2 is 1.83 bits per heavy atom. The van der Waals surface area contributed by atoms with Gasteiger partial charge in [-0.1, -0.05) is 36.4 Å². The van der Waals surface area contributed by atoms with Gasteiger partial charge in [0.15, 0.2) is 0 Å². The molecule has 3 aromatic rings. The lowest BCUT2D eigenvalue weighted by molar-refractivity contribution is 0.171. The quantitative estimate of drug-likeness (QED) is 0.754. The minimum atomic E-state index is -0.622. The second-order valence-electron chi connectivity index (χ2n) is 5.69. The van der Waals surface area contributed by atoms with Gasteiger partial charge in [0, 0.05) is 18.8 Å². The van der Waals surface area contributed by atoms with Crippen molar-refractivity contribution in [1.29, 1.82) is 0 Å². The molecule has 2 unspecified atom stereocenters. The molecule has 1 heterocycles. The summed E-state index contributed by atoms with van der Waals surface area (Å²) < 4.78 is 13.2. The van der Waals surface area contributed by atoms with Crippen LogP contribution in [-0.2, 0) is 0 Å². The smallest absolute Gasteiger partial charge is 0.141 e. The number of halogens is 1. The van der Waals surface area contributed by atoms with Crippen molar-refractivity contribution in [3.05, 3.63) is 77.9 Å². The number of aliphatic hydroxyl groups is 1. The van der Waals surface area contributed by atoms with E-state index in [1.54, 1.807) is 6.20 Å². The molecule has 0 aliphatic heterocycles. The molecule has 3 nitrogen and oxygen atoms in total. The van der Waals surface area contributed by atoms with Crippen LogP contribution in [0.25, 0.3) is 10.8 Å². The molecule has 23 heavy (non-hydrogen) atoms. The summed E-state index contributed by atoms with van der Waals surface area (Å²) in [6.07, 6.45) is 2.19. The van der Waals surface area contributed by atoms with Crippen LogP contribution < -0.4 is 5.32 Å². The first-order chi connectivity index (χ1) is 11.1. The maximum absolute atomic E-state index is 13.2. The van der Waals surface area contributed by atoms with Gasteiger partial charge in [0.1, 0.15) is 5.82 Å². The van der Waals surface area contributed by atoms with E-state index in [2.05, 4.69) is 10.3 Å². The number of hydrogen-bond acceptors (Lipinski definition) is 3. The van der Waals surface area contributed by atoms with Gasteiger partial charge in [-0.05, 0) is 41.0 Å². The number of pyridine rings is 1. The largest absolute Gasteiger partial charge is 0.387 e. The molecule has 3 rings (SSSR count). The molecular weight excluding hydrogens is 291 g/mol. The third kappa shape index (κ3) is 3.73. The summed E-state index contributed by atoms with van der Waals surface area (Å²) in [5, 5.41) is 15.8. The van der Waals surface area contributed by atoms with E-state index in [-0.39, 0.29) is 11.9 Å². The van der Waals surface area contributed by atoms with Crippen molar-refractivity contribution in [3.8, 4) is 0 Å². The minimum absolute atomic E-state index is 0.0895. The fourth-order valence-corrected chi connectivity index (χ4v) is 2.60. The number of nitrogens with zero attached hydrogens (tertiary/aromatic N) is 1. The number of nitrogens with one attached hydrogen (secondary N) is 1. The molecule has 0 saturated heterocycles. The van der Waals surface area contributed by atoms with Crippen LogP contribution in [0.4, 0.5) is 4.39 Å². The standard InChI is InChI=1S/C19H19FN2O/c1-13(17-9-18(20)11-21-10-17)22-12-19(23)16-7-6-14-4-2-3-5-15(14)8-16/h2-11,13,19,22-23H,12H2,1H3. The highest BCUT2D eigenvalue weighted by atomic mass is 19.1. The van der Waals surface area contributed by atoms with Gasteiger partial charge in [0.2, 0.25) is 0 Å². The van der Waals surface area contributed by atoms with Crippen LogP contribution in [0.3, 0.4) is 0 Å². The van der Waals surface area contributed by atoms with E-state index in [1.165, 1.54) is 12.3 Å². The minimum Gasteiger partial charge on any atom is -0.387 e. The van der Waals surface area contributed by atoms with Gasteiger partial charge in [-0.2, -0.15) is 0 Å². The highest BCUT2D eigenvalue weighted by Crippen LogP contribution is 2.21. The van der Waals surface area contributed by atoms with E-state index < -0.39 is 6.10 Å². The van der Waals surface area contributed by atoms with Crippen molar-refractivity contribution in [2.24, 2.45) is 0 Å². The maximum atomic E-state index is 13.2. The van der Waals surface area contributed by atoms with Gasteiger partial charge in [-0.15, -0.1) is 0 Å². The summed E-state index contributed by atoms with van der Waals surface area (Å²) in [6, 6.07) is 15.3. The first-order valence-electron chi connectivity index (χ1n) is 7.64. The van der Waals surface area contributed by atoms with Crippen molar-refractivity contribution >= 4 is 10.8 Å². The Labute approximate surface area is 134 Å². The molecule has 0 spiro atoms. The van der Waals surface area contributed by atoms with E-state index in [9.17, 15) is 9.50 Å². The molecule has 0 aliphatic carbocycles. The molecule has 1 aromatic heterocycles. The van der Waals surface area contributed by atoms with Gasteiger partial charge in [0.25, 0.3) is 0 Å². The molecule has 0 bridgehead atoms. The number of fused-ring (bicyclic) bond motifs is 1. The normalized spacial score (nSPS) is 13.9. The molecule has 0 fully saturated rings. The molecule has 4 heteroatoms. The van der Waals surface area contributed by atoms with E-state index in [0.717, 1.165) is 21.9 Å². The summed E-state index contributed by atoms with van der Waals surface area (Å²) in [5.41, 5.74) is 1.62. The van der Waals surface area contributed by atoms with Crippen LogP contribution in [0.15, 0.2) is 60.9 Å². The fourth-order valence-electron chi connectivity index (χ4n) is 2.60. The molecule has 2 atom stereocenters. The fraction of sp³-hybridized carbons (Fsp3) is 0.211. The summed E-state index contributed by atoms with van der Waals surface area (Å²) in [5.74, 6) is -0.355. The van der Waals surface area contributed by atoms with Crippen molar-refractivity contribution in [2.45, 2.75) is 19.1 Å². The SMILES string of the molecule is CC(NCC(O)c1ccc2ccccc2c1)c1cncc(F)c1. The molecule has 118 valence electrons. The summed E-state index contributed by atoms with van der Waals surface area (Å²) in [6.45, 7) is 2.31. The zero-order valence-electron chi connectivity index (χ0n) is 12.9. The average molecular weight is 310 g/mol. The molecule has 2 N–H and O–H groups in total. The van der Waals surface area contributed by atoms with Crippen LogP contribution in [0.2, 0.25) is 0 Å². The Morgan fingerprint density at radius 3 is 2.61 bits per heavy atom. The second-order valence-corrected chi connectivity index (χ2v) is 5.69. The topological polar surface area (TPSA) is 45.1 Å². The van der Waals surface area contributed by atoms with E-state index in [4.69, 9.17) is 0 Å². The lowest BCUT2D eigenvalue weighted by atomic mass is 10.0. The zero-order valence-corrected chi connectivity index (χ0v) is 12.9. The first kappa shape index (κ1) is 15.6. The van der Waals surface area contributed by atoms with Gasteiger partial charge in [0.05, 0.1) is 12.3 Å². The lowest BCUT2D eigenvalue weighted by Crippen LogP contribution is -2.24. The number of aromatic nitrogens is 1. The zero-order chi connectivity index (χ0) is 16.2. The van der Waals surface area contributed by atoms with Crippen LogP contribution in [0.5, 0.6) is 0 Å². The highest BCUT2D eigenvalue weighted by molar-refractivity contribution is 5.83. The van der Waals surface area contributed by atoms with Crippen molar-refractivity contribution in [3.63, 3.8) is 0 Å². The van der Waals surface area contributed by atoms with E-state index >= 15 is 0 Å².